The predicted molar refractivity (Wildman–Crippen MR) is 202 cm³/mol. The van der Waals surface area contributed by atoms with Crippen LogP contribution >= 0.6 is 27.3 Å². The van der Waals surface area contributed by atoms with Crippen LogP contribution < -0.4 is 24.4 Å². The Morgan fingerprint density at radius 2 is 1.72 bits per heavy atom. The lowest BCUT2D eigenvalue weighted by atomic mass is 9.91. The van der Waals surface area contributed by atoms with Crippen molar-refractivity contribution in [3.63, 3.8) is 0 Å². The highest BCUT2D eigenvalue weighted by Crippen LogP contribution is 2.43. The Bertz CT molecular complexity index is 2480. The highest BCUT2D eigenvalue weighted by Gasteiger charge is 2.35. The number of nitro benzene ring substituents is 2. The number of aromatic nitrogens is 1. The second-order valence-electron chi connectivity index (χ2n) is 12.1. The second-order valence-corrected chi connectivity index (χ2v) is 13.9. The van der Waals surface area contributed by atoms with Gasteiger partial charge in [-0.1, -0.05) is 79.8 Å². The summed E-state index contributed by atoms with van der Waals surface area (Å²) in [4.78, 5) is 54.9. The Labute approximate surface area is 314 Å². The molecule has 4 aromatic carbocycles. The van der Waals surface area contributed by atoms with E-state index in [0.717, 1.165) is 35.1 Å². The van der Waals surface area contributed by atoms with Gasteiger partial charge in [0.1, 0.15) is 0 Å². The van der Waals surface area contributed by atoms with E-state index < -0.39 is 38.8 Å². The van der Waals surface area contributed by atoms with Crippen molar-refractivity contribution in [2.24, 2.45) is 4.99 Å². The van der Waals surface area contributed by atoms with Crippen LogP contribution in [0.5, 0.6) is 17.2 Å². The van der Waals surface area contributed by atoms with E-state index in [2.05, 4.69) is 29.8 Å². The first-order valence-electron chi connectivity index (χ1n) is 16.3. The van der Waals surface area contributed by atoms with Crippen LogP contribution in [0.1, 0.15) is 55.0 Å². The van der Waals surface area contributed by atoms with Crippen molar-refractivity contribution in [1.29, 1.82) is 0 Å². The van der Waals surface area contributed by atoms with E-state index in [1.165, 1.54) is 11.7 Å². The molecule has 0 spiro atoms. The molecule has 1 aromatic heterocycles. The van der Waals surface area contributed by atoms with Gasteiger partial charge in [0.25, 0.3) is 11.2 Å². The molecule has 13 nitrogen and oxygen atoms in total. The van der Waals surface area contributed by atoms with Gasteiger partial charge in [0.15, 0.2) is 16.3 Å². The summed E-state index contributed by atoms with van der Waals surface area (Å²) in [6.45, 7) is 6.02. The van der Waals surface area contributed by atoms with E-state index in [0.29, 0.717) is 36.2 Å². The third-order valence-corrected chi connectivity index (χ3v) is 9.98. The minimum absolute atomic E-state index is 0.0690. The topological polar surface area (TPSA) is 165 Å². The zero-order chi connectivity index (χ0) is 38.0. The molecule has 0 radical (unpaired) electrons. The van der Waals surface area contributed by atoms with Crippen LogP contribution in [0.3, 0.4) is 0 Å². The van der Waals surface area contributed by atoms with Gasteiger partial charge in [-0.25, -0.2) is 9.79 Å². The highest BCUT2D eigenvalue weighted by molar-refractivity contribution is 9.10. The van der Waals surface area contributed by atoms with E-state index in [1.54, 1.807) is 25.1 Å². The van der Waals surface area contributed by atoms with Crippen molar-refractivity contribution >= 4 is 56.4 Å². The summed E-state index contributed by atoms with van der Waals surface area (Å²) in [7, 11) is 1.38. The number of non-ortho nitro benzene ring substituents is 1. The molecule has 0 unspecified atom stereocenters. The molecule has 0 bridgehead atoms. The minimum atomic E-state index is -0.849. The molecular weight excluding hydrogens is 768 g/mol. The van der Waals surface area contributed by atoms with E-state index in [-0.39, 0.29) is 35.3 Å². The zero-order valence-corrected chi connectivity index (χ0v) is 31.2. The molecule has 53 heavy (non-hydrogen) atoms. The van der Waals surface area contributed by atoms with Crippen LogP contribution in [0.4, 0.5) is 11.4 Å². The number of hydrogen-bond acceptors (Lipinski definition) is 11. The first kappa shape index (κ1) is 36.8. The average molecular weight is 800 g/mol. The Morgan fingerprint density at radius 1 is 1.00 bits per heavy atom. The number of ether oxygens (including phenoxy) is 3. The standard InChI is InChI=1S/C38H31BrN4O9S/c1-5-51-37(45)32-33(24-9-7-6-8-10-24)40-38-41(34(32)25-13-11-23(12-14-25)21(2)3)36(44)31(53-38)19-22-17-27(39)35(30(18-22)50-4)52-29-16-15-26(42(46)47)20-28(29)43(48)49/h6-21,34H,5H2,1-4H3/b31-19-/t34-/m0/s1. The van der Waals surface area contributed by atoms with Crippen LogP contribution in [0, 0.1) is 20.2 Å². The third kappa shape index (κ3) is 7.39. The van der Waals surface area contributed by atoms with Gasteiger partial charge in [-0.05, 0) is 69.7 Å². The van der Waals surface area contributed by atoms with Gasteiger partial charge in [-0.2, -0.15) is 0 Å². The van der Waals surface area contributed by atoms with E-state index >= 15 is 0 Å². The molecule has 0 aliphatic carbocycles. The summed E-state index contributed by atoms with van der Waals surface area (Å²) in [6.07, 6.45) is 1.64. The van der Waals surface area contributed by atoms with Crippen molar-refractivity contribution in [3.05, 3.63) is 157 Å². The van der Waals surface area contributed by atoms with Crippen LogP contribution in [0.2, 0.25) is 0 Å². The van der Waals surface area contributed by atoms with E-state index in [4.69, 9.17) is 19.2 Å². The average Bonchev–Trinajstić information content (AvgIpc) is 3.45. The van der Waals surface area contributed by atoms with Crippen molar-refractivity contribution < 1.29 is 28.9 Å². The molecule has 1 atom stereocenters. The number of nitrogens with zero attached hydrogens (tertiary/aromatic N) is 4. The van der Waals surface area contributed by atoms with Gasteiger partial charge >= 0.3 is 11.7 Å². The number of esters is 1. The molecule has 0 fully saturated rings. The number of nitro groups is 2. The molecule has 5 aromatic rings. The number of rotatable bonds is 11. The minimum Gasteiger partial charge on any atom is -0.493 e. The van der Waals surface area contributed by atoms with Crippen molar-refractivity contribution in [2.45, 2.75) is 32.7 Å². The fourth-order valence-electron chi connectivity index (χ4n) is 5.85. The summed E-state index contributed by atoms with van der Waals surface area (Å²) in [5, 5.41) is 22.9. The SMILES string of the molecule is CCOC(=O)C1=C(c2ccccc2)N=c2s/c(=C\c3cc(Br)c(Oc4ccc([N+](=O)[O-])cc4[N+](=O)[O-])c(OC)c3)c(=O)n2[C@H]1c1ccc(C(C)C)cc1. The number of halogens is 1. The first-order valence-corrected chi connectivity index (χ1v) is 17.9. The molecule has 15 heteroatoms. The Morgan fingerprint density at radius 3 is 2.34 bits per heavy atom. The maximum Gasteiger partial charge on any atom is 0.338 e. The number of methoxy groups -OCH3 is 1. The lowest BCUT2D eigenvalue weighted by Crippen LogP contribution is -2.40. The van der Waals surface area contributed by atoms with Gasteiger partial charge in [0.2, 0.25) is 5.75 Å². The van der Waals surface area contributed by atoms with Gasteiger partial charge in [0, 0.05) is 11.6 Å². The van der Waals surface area contributed by atoms with Gasteiger partial charge in [-0.15, -0.1) is 0 Å². The predicted octanol–water partition coefficient (Wildman–Crippen LogP) is 7.44. The number of thiazole rings is 1. The summed E-state index contributed by atoms with van der Waals surface area (Å²) in [6, 6.07) is 22.5. The lowest BCUT2D eigenvalue weighted by Gasteiger charge is -2.26. The van der Waals surface area contributed by atoms with Crippen molar-refractivity contribution in [3.8, 4) is 17.2 Å². The smallest absolute Gasteiger partial charge is 0.338 e. The molecule has 1 aliphatic heterocycles. The molecular formula is C38H31BrN4O9S. The Balaban J connectivity index is 1.51. The summed E-state index contributed by atoms with van der Waals surface area (Å²) in [5.41, 5.74) is 2.18. The quantitative estimate of drug-likeness (QED) is 0.0750. The summed E-state index contributed by atoms with van der Waals surface area (Å²) >= 11 is 4.60. The molecule has 0 saturated heterocycles. The monoisotopic (exact) mass is 798 g/mol. The summed E-state index contributed by atoms with van der Waals surface area (Å²) < 4.78 is 19.1. The van der Waals surface area contributed by atoms with Crippen LogP contribution in [0.25, 0.3) is 11.8 Å². The third-order valence-electron chi connectivity index (χ3n) is 8.40. The molecule has 2 heterocycles. The largest absolute Gasteiger partial charge is 0.493 e. The summed E-state index contributed by atoms with van der Waals surface area (Å²) in [5.74, 6) is -0.332. The normalized spacial score (nSPS) is 14.1. The molecule has 270 valence electrons. The zero-order valence-electron chi connectivity index (χ0n) is 28.8. The van der Waals surface area contributed by atoms with Crippen LogP contribution in [0.15, 0.2) is 105 Å². The number of benzene rings is 4. The van der Waals surface area contributed by atoms with Gasteiger partial charge in [0.05, 0.1) is 55.9 Å². The maximum absolute atomic E-state index is 14.4. The number of carbonyl (C=O) groups excluding carboxylic acids is 1. The molecule has 0 amide bonds. The Kier molecular flexibility index (Phi) is 10.7. The number of carbonyl (C=O) groups is 1. The maximum atomic E-state index is 14.4. The molecule has 1 aliphatic rings. The fraction of sp³-hybridized carbons (Fsp3) is 0.184. The van der Waals surface area contributed by atoms with Crippen LogP contribution in [-0.4, -0.2) is 34.1 Å². The fourth-order valence-corrected chi connectivity index (χ4v) is 7.39. The van der Waals surface area contributed by atoms with Gasteiger partial charge in [-0.3, -0.25) is 29.6 Å². The number of hydrogen-bond donors (Lipinski definition) is 0. The lowest BCUT2D eigenvalue weighted by molar-refractivity contribution is -0.394. The van der Waals surface area contributed by atoms with Crippen molar-refractivity contribution in [1.82, 2.24) is 4.57 Å². The van der Waals surface area contributed by atoms with Crippen molar-refractivity contribution in [2.75, 3.05) is 13.7 Å². The molecule has 6 rings (SSSR count). The Hall–Kier alpha value is -5.93. The van der Waals surface area contributed by atoms with Gasteiger partial charge < -0.3 is 14.2 Å². The number of fused-ring (bicyclic) bond motifs is 1. The van der Waals surface area contributed by atoms with Crippen LogP contribution in [-0.2, 0) is 9.53 Å². The van der Waals surface area contributed by atoms with E-state index in [9.17, 15) is 29.8 Å². The highest BCUT2D eigenvalue weighted by atomic mass is 79.9. The van der Waals surface area contributed by atoms with E-state index in [1.807, 2.05) is 54.6 Å². The molecule has 0 N–H and O–H groups in total. The second kappa shape index (κ2) is 15.4. The first-order chi connectivity index (χ1) is 25.4. The molecule has 0 saturated carbocycles.